The minimum Gasteiger partial charge on any atom is -0.480 e. The molecule has 102 valence electrons. The van der Waals surface area contributed by atoms with Crippen molar-refractivity contribution in [1.29, 1.82) is 0 Å². The highest BCUT2D eigenvalue weighted by Crippen LogP contribution is 2.22. The Morgan fingerprint density at radius 2 is 2.22 bits per heavy atom. The smallest absolute Gasteiger partial charge is 0.326 e. The van der Waals surface area contributed by atoms with Crippen molar-refractivity contribution in [2.24, 2.45) is 0 Å². The maximum atomic E-state index is 12.1. The molecular weight excluding hydrogens is 240 g/mol. The van der Waals surface area contributed by atoms with Crippen molar-refractivity contribution < 1.29 is 24.5 Å². The van der Waals surface area contributed by atoms with Crippen LogP contribution in [0.2, 0.25) is 0 Å². The first kappa shape index (κ1) is 13.1. The summed E-state index contributed by atoms with van der Waals surface area (Å²) >= 11 is 0. The van der Waals surface area contributed by atoms with Gasteiger partial charge in [-0.25, -0.2) is 9.59 Å². The van der Waals surface area contributed by atoms with Crippen LogP contribution in [0.25, 0.3) is 0 Å². The highest BCUT2D eigenvalue weighted by Gasteiger charge is 2.41. The molecule has 7 heteroatoms. The minimum atomic E-state index is -1.09. The molecule has 18 heavy (non-hydrogen) atoms. The van der Waals surface area contributed by atoms with Crippen LogP contribution in [0, 0.1) is 0 Å². The molecule has 2 fully saturated rings. The first-order valence-corrected chi connectivity index (χ1v) is 5.99. The van der Waals surface area contributed by atoms with E-state index in [2.05, 4.69) is 5.32 Å². The van der Waals surface area contributed by atoms with Crippen LogP contribution in [0.3, 0.4) is 0 Å². The monoisotopic (exact) mass is 258 g/mol. The summed E-state index contributed by atoms with van der Waals surface area (Å²) in [5.41, 5.74) is -0.451. The van der Waals surface area contributed by atoms with Gasteiger partial charge in [-0.2, -0.15) is 0 Å². The molecule has 3 N–H and O–H groups in total. The van der Waals surface area contributed by atoms with Gasteiger partial charge >= 0.3 is 12.0 Å². The number of nitrogens with one attached hydrogen (secondary N) is 1. The van der Waals surface area contributed by atoms with Crippen molar-refractivity contribution in [3.05, 3.63) is 0 Å². The van der Waals surface area contributed by atoms with Gasteiger partial charge in [-0.1, -0.05) is 0 Å². The Labute approximate surface area is 105 Å². The number of carboxylic acids is 1. The summed E-state index contributed by atoms with van der Waals surface area (Å²) in [4.78, 5) is 24.3. The molecule has 2 amide bonds. The summed E-state index contributed by atoms with van der Waals surface area (Å²) in [7, 11) is 0. The van der Waals surface area contributed by atoms with Gasteiger partial charge in [0.05, 0.1) is 18.2 Å². The maximum Gasteiger partial charge on any atom is 0.326 e. The zero-order valence-corrected chi connectivity index (χ0v) is 10.3. The number of nitrogens with zero attached hydrogens (tertiary/aromatic N) is 1. The topological polar surface area (TPSA) is 99.1 Å². The van der Waals surface area contributed by atoms with Gasteiger partial charge in [0.25, 0.3) is 0 Å². The third-order valence-corrected chi connectivity index (χ3v) is 3.45. The number of hydrogen-bond acceptors (Lipinski definition) is 4. The van der Waals surface area contributed by atoms with E-state index < -0.39 is 29.7 Å². The Morgan fingerprint density at radius 3 is 2.78 bits per heavy atom. The van der Waals surface area contributed by atoms with Crippen LogP contribution < -0.4 is 5.32 Å². The number of amides is 2. The fourth-order valence-corrected chi connectivity index (χ4v) is 2.37. The summed E-state index contributed by atoms with van der Waals surface area (Å²) in [6.07, 6.45) is 0.00697. The lowest BCUT2D eigenvalue weighted by Crippen LogP contribution is -2.54. The number of aliphatic carboxylic acids is 1. The van der Waals surface area contributed by atoms with Gasteiger partial charge in [0.2, 0.25) is 0 Å². The fourth-order valence-electron chi connectivity index (χ4n) is 2.37. The number of urea groups is 1. The summed E-state index contributed by atoms with van der Waals surface area (Å²) in [5.74, 6) is -1.09. The highest BCUT2D eigenvalue weighted by atomic mass is 16.5. The van der Waals surface area contributed by atoms with E-state index in [1.165, 1.54) is 4.90 Å². The van der Waals surface area contributed by atoms with E-state index in [-0.39, 0.29) is 13.0 Å². The molecule has 2 saturated heterocycles. The van der Waals surface area contributed by atoms with Gasteiger partial charge < -0.3 is 25.2 Å². The zero-order valence-electron chi connectivity index (χ0n) is 10.3. The molecule has 0 aromatic carbocycles. The van der Waals surface area contributed by atoms with E-state index >= 15 is 0 Å². The third-order valence-electron chi connectivity index (χ3n) is 3.45. The van der Waals surface area contributed by atoms with Gasteiger partial charge in [-0.15, -0.1) is 0 Å². The van der Waals surface area contributed by atoms with Crippen LogP contribution in [-0.4, -0.2) is 64.6 Å². The lowest BCUT2D eigenvalue weighted by Gasteiger charge is -2.29. The fraction of sp³-hybridized carbons (Fsp3) is 0.818. The molecule has 3 atom stereocenters. The largest absolute Gasteiger partial charge is 0.480 e. The summed E-state index contributed by atoms with van der Waals surface area (Å²) in [6.45, 7) is 2.93. The molecular formula is C11H18N2O5. The van der Waals surface area contributed by atoms with E-state index in [1.54, 1.807) is 0 Å². The average molecular weight is 258 g/mol. The maximum absolute atomic E-state index is 12.1. The van der Waals surface area contributed by atoms with E-state index in [1.807, 2.05) is 6.92 Å². The second-order valence-corrected chi connectivity index (χ2v) is 5.19. The van der Waals surface area contributed by atoms with Gasteiger partial charge in [0.1, 0.15) is 6.04 Å². The molecule has 0 aromatic rings. The van der Waals surface area contributed by atoms with E-state index in [0.717, 1.165) is 0 Å². The Morgan fingerprint density at radius 1 is 1.50 bits per heavy atom. The van der Waals surface area contributed by atoms with Crippen LogP contribution in [-0.2, 0) is 9.53 Å². The van der Waals surface area contributed by atoms with Crippen LogP contribution in [0.5, 0.6) is 0 Å². The summed E-state index contributed by atoms with van der Waals surface area (Å²) in [5, 5.41) is 21.3. The molecule has 2 aliphatic heterocycles. The number of carboxylic acid groups (broad SMARTS) is 1. The number of likely N-dealkylation sites (tertiary alicyclic amines) is 1. The third kappa shape index (κ3) is 2.56. The van der Waals surface area contributed by atoms with Crippen LogP contribution in [0.1, 0.15) is 19.8 Å². The molecule has 2 aliphatic rings. The molecule has 3 unspecified atom stereocenters. The van der Waals surface area contributed by atoms with Gasteiger partial charge in [0.15, 0.2) is 0 Å². The number of aliphatic hydroxyl groups excluding tert-OH is 1. The first-order valence-electron chi connectivity index (χ1n) is 5.99. The Bertz CT molecular complexity index is 353. The Balaban J connectivity index is 2.01. The van der Waals surface area contributed by atoms with E-state index in [4.69, 9.17) is 9.84 Å². The quantitative estimate of drug-likeness (QED) is 0.614. The average Bonchev–Trinajstić information content (AvgIpc) is 2.85. The first-order chi connectivity index (χ1) is 8.41. The van der Waals surface area contributed by atoms with E-state index in [9.17, 15) is 14.7 Å². The normalized spacial score (nSPS) is 35.8. The predicted octanol–water partition coefficient (Wildman–Crippen LogP) is -0.605. The number of carbonyl (C=O) groups is 2. The molecule has 0 aromatic heterocycles. The second-order valence-electron chi connectivity index (χ2n) is 5.19. The molecule has 0 saturated carbocycles. The van der Waals surface area contributed by atoms with Gasteiger partial charge in [-0.3, -0.25) is 0 Å². The molecule has 0 radical (unpaired) electrons. The second kappa shape index (κ2) is 4.74. The van der Waals surface area contributed by atoms with Crippen LogP contribution in [0.15, 0.2) is 0 Å². The van der Waals surface area contributed by atoms with Gasteiger partial charge in [0, 0.05) is 19.6 Å². The Hall–Kier alpha value is -1.34. The van der Waals surface area contributed by atoms with Crippen molar-refractivity contribution in [1.82, 2.24) is 10.2 Å². The van der Waals surface area contributed by atoms with Crippen LogP contribution >= 0.6 is 0 Å². The standard InChI is InChI=1S/C11H18N2O5/c1-11(2-3-18-6-11)12-10(17)13-5-7(14)4-8(13)9(15)16/h7-8,14H,2-6H2,1H3,(H,12,17)(H,15,16). The summed E-state index contributed by atoms with van der Waals surface area (Å²) in [6, 6.07) is -1.40. The molecule has 0 bridgehead atoms. The molecule has 0 spiro atoms. The lowest BCUT2D eigenvalue weighted by molar-refractivity contribution is -0.141. The minimum absolute atomic E-state index is 0.0553. The summed E-state index contributed by atoms with van der Waals surface area (Å²) < 4.78 is 5.22. The number of β-amino-alcohol motifs (C(OH)–C–C–N with tert-alkyl or cyclic N) is 1. The molecule has 2 rings (SSSR count). The Kier molecular flexibility index (Phi) is 3.45. The number of rotatable bonds is 2. The number of aliphatic hydroxyl groups is 1. The molecule has 0 aliphatic carbocycles. The molecule has 7 nitrogen and oxygen atoms in total. The van der Waals surface area contributed by atoms with Crippen molar-refractivity contribution in [3.63, 3.8) is 0 Å². The molecule has 2 heterocycles. The van der Waals surface area contributed by atoms with Gasteiger partial charge in [-0.05, 0) is 13.3 Å². The number of ether oxygens (including phenoxy) is 1. The SMILES string of the molecule is CC1(NC(=O)N2CC(O)CC2C(=O)O)CCOC1. The van der Waals surface area contributed by atoms with E-state index in [0.29, 0.717) is 19.6 Å². The number of hydrogen-bond donors (Lipinski definition) is 3. The van der Waals surface area contributed by atoms with Crippen molar-refractivity contribution in [2.45, 2.75) is 37.5 Å². The zero-order chi connectivity index (χ0) is 13.3. The van der Waals surface area contributed by atoms with Crippen LogP contribution in [0.4, 0.5) is 4.79 Å². The van der Waals surface area contributed by atoms with Crippen molar-refractivity contribution >= 4 is 12.0 Å². The lowest BCUT2D eigenvalue weighted by atomic mass is 10.0. The van der Waals surface area contributed by atoms with Crippen molar-refractivity contribution in [3.8, 4) is 0 Å². The highest BCUT2D eigenvalue weighted by molar-refractivity contribution is 5.83. The number of carbonyl (C=O) groups excluding carboxylic acids is 1. The predicted molar refractivity (Wildman–Crippen MR) is 61.1 cm³/mol. The van der Waals surface area contributed by atoms with Crippen molar-refractivity contribution in [2.75, 3.05) is 19.8 Å².